The van der Waals surface area contributed by atoms with Gasteiger partial charge in [0.2, 0.25) is 5.89 Å². The number of fused-ring (bicyclic) bond motifs is 1. The number of amides is 1. The standard InChI is InChI=1S/C14H13N3O4/c1-8-15-12(16-21-8)13(18)17-7-6-9-4-2-3-5-10(9)11(17)14(19)20/h2-5,11H,6-7H2,1H3,(H,19,20). The lowest BCUT2D eigenvalue weighted by atomic mass is 9.92. The monoisotopic (exact) mass is 287 g/mol. The van der Waals surface area contributed by atoms with Crippen LogP contribution in [0.1, 0.15) is 33.7 Å². The second-order valence-corrected chi connectivity index (χ2v) is 4.83. The third kappa shape index (κ3) is 2.26. The molecular formula is C14H13N3O4. The normalized spacial score (nSPS) is 17.4. The van der Waals surface area contributed by atoms with E-state index in [0.717, 1.165) is 5.56 Å². The molecule has 1 aromatic heterocycles. The molecule has 3 rings (SSSR count). The van der Waals surface area contributed by atoms with Gasteiger partial charge in [0, 0.05) is 13.5 Å². The summed E-state index contributed by atoms with van der Waals surface area (Å²) in [5.41, 5.74) is 1.57. The Labute approximate surface area is 120 Å². The van der Waals surface area contributed by atoms with Crippen molar-refractivity contribution in [2.45, 2.75) is 19.4 Å². The van der Waals surface area contributed by atoms with Crippen LogP contribution in [0.4, 0.5) is 0 Å². The fourth-order valence-corrected chi connectivity index (χ4v) is 2.57. The van der Waals surface area contributed by atoms with Gasteiger partial charge >= 0.3 is 5.97 Å². The highest BCUT2D eigenvalue weighted by molar-refractivity contribution is 5.94. The molecule has 21 heavy (non-hydrogen) atoms. The van der Waals surface area contributed by atoms with Crippen molar-refractivity contribution in [3.8, 4) is 0 Å². The van der Waals surface area contributed by atoms with Gasteiger partial charge in [-0.2, -0.15) is 4.98 Å². The zero-order valence-corrected chi connectivity index (χ0v) is 11.3. The summed E-state index contributed by atoms with van der Waals surface area (Å²) in [4.78, 5) is 29.2. The van der Waals surface area contributed by atoms with Gasteiger partial charge in [0.15, 0.2) is 6.04 Å². The lowest BCUT2D eigenvalue weighted by molar-refractivity contribution is -0.143. The van der Waals surface area contributed by atoms with E-state index in [4.69, 9.17) is 4.52 Å². The molecule has 2 aromatic rings. The van der Waals surface area contributed by atoms with Crippen molar-refractivity contribution in [1.29, 1.82) is 0 Å². The zero-order valence-electron chi connectivity index (χ0n) is 11.3. The van der Waals surface area contributed by atoms with E-state index in [1.54, 1.807) is 19.1 Å². The smallest absolute Gasteiger partial charge is 0.331 e. The van der Waals surface area contributed by atoms with Crippen molar-refractivity contribution in [1.82, 2.24) is 15.0 Å². The van der Waals surface area contributed by atoms with Crippen LogP contribution in [0.25, 0.3) is 0 Å². The quantitative estimate of drug-likeness (QED) is 0.891. The van der Waals surface area contributed by atoms with Crippen LogP contribution >= 0.6 is 0 Å². The Balaban J connectivity index is 1.99. The van der Waals surface area contributed by atoms with Crippen molar-refractivity contribution in [2.75, 3.05) is 6.54 Å². The van der Waals surface area contributed by atoms with Gasteiger partial charge in [-0.1, -0.05) is 29.4 Å². The maximum atomic E-state index is 12.4. The number of hydrogen-bond donors (Lipinski definition) is 1. The number of rotatable bonds is 2. The van der Waals surface area contributed by atoms with E-state index in [0.29, 0.717) is 18.5 Å². The first-order valence-corrected chi connectivity index (χ1v) is 6.50. The number of nitrogens with zero attached hydrogens (tertiary/aromatic N) is 3. The molecular weight excluding hydrogens is 274 g/mol. The van der Waals surface area contributed by atoms with E-state index in [2.05, 4.69) is 10.1 Å². The minimum Gasteiger partial charge on any atom is -0.479 e. The Bertz CT molecular complexity index is 710. The molecule has 0 saturated carbocycles. The van der Waals surface area contributed by atoms with Gasteiger partial charge in [-0.15, -0.1) is 0 Å². The van der Waals surface area contributed by atoms with Crippen LogP contribution in [0.15, 0.2) is 28.8 Å². The zero-order chi connectivity index (χ0) is 15.0. The fourth-order valence-electron chi connectivity index (χ4n) is 2.57. The summed E-state index contributed by atoms with van der Waals surface area (Å²) in [6.45, 7) is 1.88. The fraction of sp³-hybridized carbons (Fsp3) is 0.286. The van der Waals surface area contributed by atoms with Gasteiger partial charge in [0.05, 0.1) is 0 Å². The van der Waals surface area contributed by atoms with E-state index in [-0.39, 0.29) is 11.7 Å². The molecule has 1 amide bonds. The highest BCUT2D eigenvalue weighted by Gasteiger charge is 2.37. The van der Waals surface area contributed by atoms with Gasteiger partial charge in [-0.25, -0.2) is 4.79 Å². The number of hydrogen-bond acceptors (Lipinski definition) is 5. The molecule has 1 aliphatic heterocycles. The molecule has 0 fully saturated rings. The number of benzene rings is 1. The third-order valence-electron chi connectivity index (χ3n) is 3.50. The Morgan fingerprint density at radius 2 is 2.14 bits per heavy atom. The van der Waals surface area contributed by atoms with Crippen LogP contribution in [0.5, 0.6) is 0 Å². The average molecular weight is 287 g/mol. The summed E-state index contributed by atoms with van der Waals surface area (Å²) >= 11 is 0. The minimum absolute atomic E-state index is 0.113. The van der Waals surface area contributed by atoms with Crippen LogP contribution < -0.4 is 0 Å². The van der Waals surface area contributed by atoms with Crippen LogP contribution in [-0.4, -0.2) is 38.6 Å². The Morgan fingerprint density at radius 1 is 1.38 bits per heavy atom. The average Bonchev–Trinajstić information content (AvgIpc) is 2.91. The summed E-state index contributed by atoms with van der Waals surface area (Å²) in [5, 5.41) is 13.1. The first-order chi connectivity index (χ1) is 10.1. The molecule has 0 spiro atoms. The molecule has 1 N–H and O–H groups in total. The van der Waals surface area contributed by atoms with Crippen LogP contribution in [-0.2, 0) is 11.2 Å². The summed E-state index contributed by atoms with van der Waals surface area (Å²) in [6, 6.07) is 6.21. The predicted octanol–water partition coefficient (Wildman–Crippen LogP) is 1.20. The molecule has 108 valence electrons. The van der Waals surface area contributed by atoms with Gasteiger partial charge < -0.3 is 14.5 Å². The van der Waals surface area contributed by atoms with Crippen LogP contribution in [0, 0.1) is 6.92 Å². The molecule has 0 radical (unpaired) electrons. The largest absolute Gasteiger partial charge is 0.479 e. The van der Waals surface area contributed by atoms with E-state index in [9.17, 15) is 14.7 Å². The van der Waals surface area contributed by atoms with Crippen LogP contribution in [0.3, 0.4) is 0 Å². The Kier molecular flexibility index (Phi) is 3.17. The molecule has 1 aromatic carbocycles. The third-order valence-corrected chi connectivity index (χ3v) is 3.50. The topological polar surface area (TPSA) is 96.5 Å². The highest BCUT2D eigenvalue weighted by Crippen LogP contribution is 2.30. The number of aliphatic carboxylic acids is 1. The molecule has 1 aliphatic rings. The molecule has 0 bridgehead atoms. The maximum Gasteiger partial charge on any atom is 0.331 e. The first kappa shape index (κ1) is 13.3. The van der Waals surface area contributed by atoms with Crippen molar-refractivity contribution in [3.63, 3.8) is 0 Å². The minimum atomic E-state index is -1.07. The second kappa shape index (κ2) is 5.01. The number of carbonyl (C=O) groups is 2. The van der Waals surface area contributed by atoms with E-state index in [1.807, 2.05) is 12.1 Å². The van der Waals surface area contributed by atoms with Crippen molar-refractivity contribution in [2.24, 2.45) is 0 Å². The molecule has 7 nitrogen and oxygen atoms in total. The Morgan fingerprint density at radius 3 is 2.81 bits per heavy atom. The van der Waals surface area contributed by atoms with E-state index >= 15 is 0 Å². The van der Waals surface area contributed by atoms with Crippen molar-refractivity contribution in [3.05, 3.63) is 47.1 Å². The maximum absolute atomic E-state index is 12.4. The van der Waals surface area contributed by atoms with Gasteiger partial charge in [0.25, 0.3) is 11.7 Å². The molecule has 7 heteroatoms. The van der Waals surface area contributed by atoms with Crippen molar-refractivity contribution < 1.29 is 19.2 Å². The molecule has 1 unspecified atom stereocenters. The number of carboxylic acid groups (broad SMARTS) is 1. The number of aryl methyl sites for hydroxylation is 1. The second-order valence-electron chi connectivity index (χ2n) is 4.83. The summed E-state index contributed by atoms with van der Waals surface area (Å²) < 4.78 is 4.79. The van der Waals surface area contributed by atoms with E-state index < -0.39 is 17.9 Å². The number of carbonyl (C=O) groups excluding carboxylic acids is 1. The SMILES string of the molecule is Cc1nc(C(=O)N2CCc3ccccc3C2C(=O)O)no1. The van der Waals surface area contributed by atoms with Gasteiger partial charge in [-0.3, -0.25) is 4.79 Å². The highest BCUT2D eigenvalue weighted by atomic mass is 16.5. The number of carboxylic acids is 1. The van der Waals surface area contributed by atoms with Crippen LogP contribution in [0.2, 0.25) is 0 Å². The lowest BCUT2D eigenvalue weighted by Gasteiger charge is -2.33. The molecule has 0 aliphatic carbocycles. The summed E-state index contributed by atoms with van der Waals surface area (Å²) in [6.07, 6.45) is 0.600. The first-order valence-electron chi connectivity index (χ1n) is 6.50. The molecule has 1 atom stereocenters. The lowest BCUT2D eigenvalue weighted by Crippen LogP contribution is -2.43. The van der Waals surface area contributed by atoms with Gasteiger partial charge in [0.1, 0.15) is 0 Å². The summed E-state index contributed by atoms with van der Waals surface area (Å²) in [5.74, 6) is -1.45. The van der Waals surface area contributed by atoms with E-state index in [1.165, 1.54) is 4.90 Å². The predicted molar refractivity (Wildman–Crippen MR) is 70.6 cm³/mol. The Hall–Kier alpha value is -2.70. The summed E-state index contributed by atoms with van der Waals surface area (Å²) in [7, 11) is 0. The molecule has 2 heterocycles. The van der Waals surface area contributed by atoms with Gasteiger partial charge in [-0.05, 0) is 17.5 Å². The van der Waals surface area contributed by atoms with Crippen molar-refractivity contribution >= 4 is 11.9 Å². The number of aromatic nitrogens is 2. The molecule has 0 saturated heterocycles.